The van der Waals surface area contributed by atoms with Crippen LogP contribution in [0.15, 0.2) is 23.1 Å². The van der Waals surface area contributed by atoms with E-state index < -0.39 is 10.0 Å². The number of carbonyl (C=O) groups excluding carboxylic acids is 2. The molecule has 3 rings (SSSR count). The Bertz CT molecular complexity index is 795. The Morgan fingerprint density at radius 3 is 2.31 bits per heavy atom. The van der Waals surface area contributed by atoms with Gasteiger partial charge in [0, 0.05) is 6.54 Å². The first-order chi connectivity index (χ1) is 12.3. The van der Waals surface area contributed by atoms with Crippen LogP contribution in [0.3, 0.4) is 0 Å². The van der Waals surface area contributed by atoms with Gasteiger partial charge >= 0.3 is 0 Å². The number of hydrogen-bond donors (Lipinski definition) is 1. The van der Waals surface area contributed by atoms with Crippen molar-refractivity contribution in [3.63, 3.8) is 0 Å². The van der Waals surface area contributed by atoms with Crippen molar-refractivity contribution in [3.8, 4) is 0 Å². The lowest BCUT2D eigenvalue weighted by Crippen LogP contribution is -2.31. The van der Waals surface area contributed by atoms with Crippen molar-refractivity contribution in [1.29, 1.82) is 0 Å². The third-order valence-electron chi connectivity index (χ3n) is 5.36. The number of amides is 2. The molecule has 0 unspecified atom stereocenters. The summed E-state index contributed by atoms with van der Waals surface area (Å²) in [6.45, 7) is 4.15. The van der Waals surface area contributed by atoms with Crippen LogP contribution in [-0.4, -0.2) is 31.7 Å². The number of benzene rings is 1. The van der Waals surface area contributed by atoms with E-state index in [9.17, 15) is 18.0 Å². The smallest absolute Gasteiger partial charge is 0.240 e. The van der Waals surface area contributed by atoms with E-state index in [1.54, 1.807) is 25.1 Å². The van der Waals surface area contributed by atoms with Gasteiger partial charge in [-0.2, -0.15) is 0 Å². The van der Waals surface area contributed by atoms with E-state index in [0.29, 0.717) is 24.1 Å². The Kier molecular flexibility index (Phi) is 5.48. The van der Waals surface area contributed by atoms with Gasteiger partial charge in [-0.3, -0.25) is 14.5 Å². The summed E-state index contributed by atoms with van der Waals surface area (Å²) in [6, 6.07) is 5.10. The Labute approximate surface area is 155 Å². The molecule has 2 fully saturated rings. The highest BCUT2D eigenvalue weighted by atomic mass is 32.2. The van der Waals surface area contributed by atoms with E-state index >= 15 is 0 Å². The zero-order chi connectivity index (χ0) is 18.9. The lowest BCUT2D eigenvalue weighted by molar-refractivity contribution is -0.140. The van der Waals surface area contributed by atoms with Crippen molar-refractivity contribution in [2.24, 2.45) is 11.8 Å². The van der Waals surface area contributed by atoms with Crippen molar-refractivity contribution in [2.45, 2.75) is 57.4 Å². The van der Waals surface area contributed by atoms with Crippen LogP contribution in [-0.2, 0) is 26.2 Å². The number of imide groups is 1. The fourth-order valence-electron chi connectivity index (χ4n) is 3.92. The molecule has 2 atom stereocenters. The maximum Gasteiger partial charge on any atom is 0.240 e. The zero-order valence-corrected chi connectivity index (χ0v) is 16.1. The summed E-state index contributed by atoms with van der Waals surface area (Å²) in [5.74, 6) is -0.574. The number of sulfonamides is 1. The predicted molar refractivity (Wildman–Crippen MR) is 97.7 cm³/mol. The summed E-state index contributed by atoms with van der Waals surface area (Å²) >= 11 is 0. The van der Waals surface area contributed by atoms with Gasteiger partial charge in [0.25, 0.3) is 0 Å². The minimum Gasteiger partial charge on any atom is -0.278 e. The van der Waals surface area contributed by atoms with E-state index in [0.717, 1.165) is 25.7 Å². The van der Waals surface area contributed by atoms with Gasteiger partial charge in [-0.05, 0) is 43.4 Å². The maximum atomic E-state index is 12.6. The van der Waals surface area contributed by atoms with E-state index in [1.165, 1.54) is 4.90 Å². The molecular formula is C19H26N2O4S. The lowest BCUT2D eigenvalue weighted by Gasteiger charge is -2.19. The van der Waals surface area contributed by atoms with E-state index in [-0.39, 0.29) is 35.1 Å². The number of nitrogens with one attached hydrogen (secondary N) is 1. The standard InChI is InChI=1S/C19H26N2O4S/c1-3-10-20-26(24,25)17-11-14(9-8-13(17)2)12-21-18(22)15-6-4-5-7-16(15)19(21)23/h8-9,11,15-16,20H,3-7,10,12H2,1-2H3/t15-,16+. The number of rotatable bonds is 6. The van der Waals surface area contributed by atoms with E-state index in [4.69, 9.17) is 0 Å². The van der Waals surface area contributed by atoms with Gasteiger partial charge < -0.3 is 0 Å². The van der Waals surface area contributed by atoms with Gasteiger partial charge in [0.1, 0.15) is 0 Å². The Morgan fingerprint density at radius 2 is 1.73 bits per heavy atom. The van der Waals surface area contributed by atoms with Crippen molar-refractivity contribution in [1.82, 2.24) is 9.62 Å². The molecule has 6 nitrogen and oxygen atoms in total. The molecule has 0 bridgehead atoms. The molecule has 0 radical (unpaired) electrons. The second-order valence-electron chi connectivity index (χ2n) is 7.26. The maximum absolute atomic E-state index is 12.6. The number of nitrogens with zero attached hydrogens (tertiary/aromatic N) is 1. The Balaban J connectivity index is 1.84. The molecule has 0 spiro atoms. The third kappa shape index (κ3) is 3.55. The number of hydrogen-bond acceptors (Lipinski definition) is 4. The molecule has 1 aliphatic heterocycles. The SMILES string of the molecule is CCCNS(=O)(=O)c1cc(CN2C(=O)[C@H]3CCCC[C@H]3C2=O)ccc1C. The van der Waals surface area contributed by atoms with Gasteiger partial charge in [-0.15, -0.1) is 0 Å². The second-order valence-corrected chi connectivity index (χ2v) is 8.99. The molecule has 2 aliphatic rings. The molecule has 1 saturated heterocycles. The molecule has 0 aromatic heterocycles. The number of likely N-dealkylation sites (tertiary alicyclic amines) is 1. The first kappa shape index (κ1) is 19.0. The fraction of sp³-hybridized carbons (Fsp3) is 0.579. The minimum atomic E-state index is -3.60. The monoisotopic (exact) mass is 378 g/mol. The number of fused-ring (bicyclic) bond motifs is 1. The highest BCUT2D eigenvalue weighted by molar-refractivity contribution is 7.89. The van der Waals surface area contributed by atoms with Crippen LogP contribution >= 0.6 is 0 Å². The molecule has 7 heteroatoms. The molecular weight excluding hydrogens is 352 g/mol. The molecule has 1 N–H and O–H groups in total. The molecule has 142 valence electrons. The quantitative estimate of drug-likeness (QED) is 0.770. The number of aryl methyl sites for hydroxylation is 1. The highest BCUT2D eigenvalue weighted by Gasteiger charge is 2.47. The van der Waals surface area contributed by atoms with Crippen molar-refractivity contribution in [3.05, 3.63) is 29.3 Å². The first-order valence-corrected chi connectivity index (χ1v) is 10.8. The fourth-order valence-corrected chi connectivity index (χ4v) is 5.34. The van der Waals surface area contributed by atoms with Crippen LogP contribution in [0.25, 0.3) is 0 Å². The van der Waals surface area contributed by atoms with Crippen LogP contribution in [0.1, 0.15) is 50.2 Å². The summed E-state index contributed by atoms with van der Waals surface area (Å²) in [4.78, 5) is 26.8. The average molecular weight is 378 g/mol. The molecule has 1 aromatic rings. The average Bonchev–Trinajstić information content (AvgIpc) is 2.87. The summed E-state index contributed by atoms with van der Waals surface area (Å²) < 4.78 is 27.5. The molecule has 26 heavy (non-hydrogen) atoms. The van der Waals surface area contributed by atoms with Crippen molar-refractivity contribution >= 4 is 21.8 Å². The zero-order valence-electron chi connectivity index (χ0n) is 15.3. The van der Waals surface area contributed by atoms with Gasteiger partial charge in [0.2, 0.25) is 21.8 Å². The van der Waals surface area contributed by atoms with Gasteiger partial charge in [-0.1, -0.05) is 31.9 Å². The van der Waals surface area contributed by atoms with Crippen LogP contribution < -0.4 is 4.72 Å². The summed E-state index contributed by atoms with van der Waals surface area (Å²) in [6.07, 6.45) is 4.24. The predicted octanol–water partition coefficient (Wildman–Crippen LogP) is 2.36. The molecule has 1 aliphatic carbocycles. The molecule has 1 aromatic carbocycles. The lowest BCUT2D eigenvalue weighted by atomic mass is 9.81. The summed E-state index contributed by atoms with van der Waals surface area (Å²) in [5, 5.41) is 0. The topological polar surface area (TPSA) is 83.6 Å². The Hall–Kier alpha value is -1.73. The van der Waals surface area contributed by atoms with Crippen molar-refractivity contribution < 1.29 is 18.0 Å². The first-order valence-electron chi connectivity index (χ1n) is 9.29. The highest BCUT2D eigenvalue weighted by Crippen LogP contribution is 2.38. The van der Waals surface area contributed by atoms with Gasteiger partial charge in [0.05, 0.1) is 23.3 Å². The van der Waals surface area contributed by atoms with Gasteiger partial charge in [-0.25, -0.2) is 13.1 Å². The van der Waals surface area contributed by atoms with Crippen LogP contribution in [0.4, 0.5) is 0 Å². The second kappa shape index (κ2) is 7.48. The molecule has 1 heterocycles. The van der Waals surface area contributed by atoms with Crippen LogP contribution in [0.2, 0.25) is 0 Å². The van der Waals surface area contributed by atoms with Crippen molar-refractivity contribution in [2.75, 3.05) is 6.54 Å². The largest absolute Gasteiger partial charge is 0.278 e. The Morgan fingerprint density at radius 1 is 1.12 bits per heavy atom. The van der Waals surface area contributed by atoms with Crippen LogP contribution in [0, 0.1) is 18.8 Å². The third-order valence-corrected chi connectivity index (χ3v) is 6.96. The van der Waals surface area contributed by atoms with Gasteiger partial charge in [0.15, 0.2) is 0 Å². The van der Waals surface area contributed by atoms with Crippen LogP contribution in [0.5, 0.6) is 0 Å². The van der Waals surface area contributed by atoms with E-state index in [1.807, 2.05) is 6.92 Å². The minimum absolute atomic E-state index is 0.103. The van der Waals surface area contributed by atoms with E-state index in [2.05, 4.69) is 4.72 Å². The summed E-state index contributed by atoms with van der Waals surface area (Å²) in [5.41, 5.74) is 1.30. The normalized spacial score (nSPS) is 23.4. The number of carbonyl (C=O) groups is 2. The summed E-state index contributed by atoms with van der Waals surface area (Å²) in [7, 11) is -3.60. The molecule has 2 amide bonds. The molecule has 1 saturated carbocycles.